The van der Waals surface area contributed by atoms with Gasteiger partial charge in [0.25, 0.3) is 0 Å². The Labute approximate surface area is 104 Å². The molecule has 17 heavy (non-hydrogen) atoms. The van der Waals surface area contributed by atoms with E-state index < -0.39 is 0 Å². The molecule has 0 amide bonds. The van der Waals surface area contributed by atoms with Crippen molar-refractivity contribution in [2.45, 2.75) is 32.2 Å². The largest absolute Gasteiger partial charge is 0.472 e. The molecular weight excluding hydrogens is 236 g/mol. The van der Waals surface area contributed by atoms with Gasteiger partial charge in [-0.2, -0.15) is 0 Å². The Kier molecular flexibility index (Phi) is 3.28. The van der Waals surface area contributed by atoms with Gasteiger partial charge < -0.3 is 4.42 Å². The monoisotopic (exact) mass is 252 g/mol. The van der Waals surface area contributed by atoms with Crippen LogP contribution in [0.2, 0.25) is 0 Å². The number of nitrogens with two attached hydrogens (primary N) is 1. The van der Waals surface area contributed by atoms with Crippen LogP contribution < -0.4 is 11.3 Å². The van der Waals surface area contributed by atoms with Crippen molar-refractivity contribution >= 4 is 11.5 Å². The minimum atomic E-state index is -0.122. The maximum atomic E-state index is 5.63. The van der Waals surface area contributed by atoms with E-state index in [0.29, 0.717) is 0 Å². The highest BCUT2D eigenvalue weighted by Crippen LogP contribution is 2.33. The van der Waals surface area contributed by atoms with Gasteiger partial charge in [0.1, 0.15) is 0 Å². The fourth-order valence-electron chi connectivity index (χ4n) is 1.67. The standard InChI is InChI=1S/C11H16N4OS/c1-11(2,3)10-9(17-15-14-10)8(13-12)7-4-5-16-6-7/h4-6,8,13H,12H2,1-3H3. The first-order valence-corrected chi connectivity index (χ1v) is 6.12. The summed E-state index contributed by atoms with van der Waals surface area (Å²) in [5.74, 6) is 5.63. The number of hydrogen-bond acceptors (Lipinski definition) is 6. The molecule has 0 bridgehead atoms. The molecule has 92 valence electrons. The van der Waals surface area contributed by atoms with Crippen LogP contribution in [-0.4, -0.2) is 9.59 Å². The molecule has 0 spiro atoms. The van der Waals surface area contributed by atoms with E-state index in [1.807, 2.05) is 6.07 Å². The number of nitrogens with zero attached hydrogens (tertiary/aromatic N) is 2. The van der Waals surface area contributed by atoms with Crippen molar-refractivity contribution in [1.29, 1.82) is 0 Å². The van der Waals surface area contributed by atoms with Crippen LogP contribution in [0.5, 0.6) is 0 Å². The first-order valence-electron chi connectivity index (χ1n) is 5.35. The van der Waals surface area contributed by atoms with Crippen LogP contribution in [-0.2, 0) is 5.41 Å². The molecular formula is C11H16N4OS. The number of rotatable bonds is 3. The normalized spacial score (nSPS) is 13.9. The average Bonchev–Trinajstić information content (AvgIpc) is 2.87. The highest BCUT2D eigenvalue weighted by Gasteiger charge is 2.28. The Morgan fingerprint density at radius 1 is 1.47 bits per heavy atom. The smallest absolute Gasteiger partial charge is 0.0954 e. The predicted molar refractivity (Wildman–Crippen MR) is 66.5 cm³/mol. The Morgan fingerprint density at radius 2 is 2.24 bits per heavy atom. The van der Waals surface area contributed by atoms with Gasteiger partial charge in [-0.3, -0.25) is 5.84 Å². The zero-order valence-corrected chi connectivity index (χ0v) is 10.9. The summed E-state index contributed by atoms with van der Waals surface area (Å²) >= 11 is 1.36. The average molecular weight is 252 g/mol. The van der Waals surface area contributed by atoms with E-state index in [-0.39, 0.29) is 11.5 Å². The zero-order valence-electron chi connectivity index (χ0n) is 10.1. The molecule has 2 rings (SSSR count). The van der Waals surface area contributed by atoms with Crippen molar-refractivity contribution in [3.05, 3.63) is 34.7 Å². The molecule has 5 nitrogen and oxygen atoms in total. The summed E-state index contributed by atoms with van der Waals surface area (Å²) in [6.07, 6.45) is 3.31. The van der Waals surface area contributed by atoms with Gasteiger partial charge in [-0.05, 0) is 17.6 Å². The quantitative estimate of drug-likeness (QED) is 0.645. The molecule has 0 saturated heterocycles. The number of nitrogens with one attached hydrogen (secondary N) is 1. The van der Waals surface area contributed by atoms with Crippen molar-refractivity contribution in [2.75, 3.05) is 0 Å². The highest BCUT2D eigenvalue weighted by atomic mass is 32.1. The fraction of sp³-hybridized carbons (Fsp3) is 0.455. The Hall–Kier alpha value is -1.24. The van der Waals surface area contributed by atoms with Crippen LogP contribution in [0, 0.1) is 0 Å². The molecule has 2 aromatic heterocycles. The minimum absolute atomic E-state index is 0.0544. The van der Waals surface area contributed by atoms with E-state index in [4.69, 9.17) is 10.3 Å². The lowest BCUT2D eigenvalue weighted by molar-refractivity contribution is 0.534. The first-order chi connectivity index (χ1) is 8.04. The lowest BCUT2D eigenvalue weighted by Crippen LogP contribution is -2.30. The lowest BCUT2D eigenvalue weighted by atomic mass is 9.89. The lowest BCUT2D eigenvalue weighted by Gasteiger charge is -2.20. The minimum Gasteiger partial charge on any atom is -0.472 e. The van der Waals surface area contributed by atoms with Crippen molar-refractivity contribution < 1.29 is 4.42 Å². The van der Waals surface area contributed by atoms with Crippen LogP contribution in [0.3, 0.4) is 0 Å². The Bertz CT molecular complexity index is 472. The predicted octanol–water partition coefficient (Wildman–Crippen LogP) is 1.98. The third-order valence-corrected chi connectivity index (χ3v) is 3.32. The van der Waals surface area contributed by atoms with Gasteiger partial charge in [0.2, 0.25) is 0 Å². The number of hydrogen-bond donors (Lipinski definition) is 2. The first kappa shape index (κ1) is 12.2. The van der Waals surface area contributed by atoms with Crippen molar-refractivity contribution in [2.24, 2.45) is 5.84 Å². The summed E-state index contributed by atoms with van der Waals surface area (Å²) < 4.78 is 9.12. The number of furan rings is 1. The Morgan fingerprint density at radius 3 is 2.76 bits per heavy atom. The maximum Gasteiger partial charge on any atom is 0.0954 e. The molecule has 0 radical (unpaired) electrons. The van der Waals surface area contributed by atoms with Crippen molar-refractivity contribution in [1.82, 2.24) is 15.0 Å². The third kappa shape index (κ3) is 2.38. The van der Waals surface area contributed by atoms with Gasteiger partial charge in [-0.15, -0.1) is 5.10 Å². The molecule has 0 aliphatic carbocycles. The molecule has 2 heterocycles. The molecule has 0 saturated carbocycles. The highest BCUT2D eigenvalue weighted by molar-refractivity contribution is 7.05. The molecule has 6 heteroatoms. The van der Waals surface area contributed by atoms with Gasteiger partial charge >= 0.3 is 0 Å². The van der Waals surface area contributed by atoms with Crippen LogP contribution in [0.15, 0.2) is 23.0 Å². The summed E-state index contributed by atoms with van der Waals surface area (Å²) in [4.78, 5) is 1.03. The van der Waals surface area contributed by atoms with E-state index in [2.05, 4.69) is 35.8 Å². The van der Waals surface area contributed by atoms with E-state index in [9.17, 15) is 0 Å². The van der Waals surface area contributed by atoms with Gasteiger partial charge in [0.15, 0.2) is 0 Å². The van der Waals surface area contributed by atoms with Crippen molar-refractivity contribution in [3.63, 3.8) is 0 Å². The van der Waals surface area contributed by atoms with Crippen LogP contribution in [0.4, 0.5) is 0 Å². The second-order valence-electron chi connectivity index (χ2n) is 4.89. The number of aromatic nitrogens is 2. The second kappa shape index (κ2) is 4.56. The van der Waals surface area contributed by atoms with Gasteiger partial charge in [0, 0.05) is 11.0 Å². The summed E-state index contributed by atoms with van der Waals surface area (Å²) in [5.41, 5.74) is 4.68. The topological polar surface area (TPSA) is 77.0 Å². The zero-order chi connectivity index (χ0) is 12.5. The van der Waals surface area contributed by atoms with E-state index in [1.54, 1.807) is 12.5 Å². The van der Waals surface area contributed by atoms with Crippen LogP contribution in [0.25, 0.3) is 0 Å². The summed E-state index contributed by atoms with van der Waals surface area (Å²) in [6, 6.07) is 1.76. The van der Waals surface area contributed by atoms with Crippen LogP contribution in [0.1, 0.15) is 42.9 Å². The van der Waals surface area contributed by atoms with E-state index >= 15 is 0 Å². The van der Waals surface area contributed by atoms with Gasteiger partial charge in [-0.1, -0.05) is 25.3 Å². The molecule has 0 aromatic carbocycles. The summed E-state index contributed by atoms with van der Waals surface area (Å²) in [7, 11) is 0. The molecule has 2 aromatic rings. The second-order valence-corrected chi connectivity index (χ2v) is 5.68. The molecule has 1 atom stereocenters. The molecule has 0 fully saturated rings. The molecule has 0 aliphatic heterocycles. The SMILES string of the molecule is CC(C)(C)c1nnsc1C(NN)c1ccoc1. The van der Waals surface area contributed by atoms with Gasteiger partial charge in [0.05, 0.1) is 29.1 Å². The summed E-state index contributed by atoms with van der Waals surface area (Å²) in [6.45, 7) is 6.32. The van der Waals surface area contributed by atoms with Gasteiger partial charge in [-0.25, -0.2) is 5.43 Å². The summed E-state index contributed by atoms with van der Waals surface area (Å²) in [5, 5.41) is 4.21. The van der Waals surface area contributed by atoms with E-state index in [0.717, 1.165) is 16.1 Å². The number of hydrazine groups is 1. The molecule has 1 unspecified atom stereocenters. The van der Waals surface area contributed by atoms with E-state index in [1.165, 1.54) is 11.5 Å². The molecule has 3 N–H and O–H groups in total. The van der Waals surface area contributed by atoms with Crippen molar-refractivity contribution in [3.8, 4) is 0 Å². The van der Waals surface area contributed by atoms with Crippen LogP contribution >= 0.6 is 11.5 Å². The fourth-order valence-corrected chi connectivity index (χ4v) is 2.62. The maximum absolute atomic E-state index is 5.63. The third-order valence-electron chi connectivity index (χ3n) is 2.53. The molecule has 0 aliphatic rings. The Balaban J connectivity index is 2.42.